The highest BCUT2D eigenvalue weighted by molar-refractivity contribution is 14.0. The lowest BCUT2D eigenvalue weighted by Gasteiger charge is -2.32. The molecule has 3 N–H and O–H groups in total. The Hall–Kier alpha value is -0.800. The Kier molecular flexibility index (Phi) is 11.1. The van der Waals surface area contributed by atoms with Gasteiger partial charge in [-0.2, -0.15) is 0 Å². The van der Waals surface area contributed by atoms with E-state index in [0.29, 0.717) is 12.5 Å². The van der Waals surface area contributed by atoms with Gasteiger partial charge < -0.3 is 20.2 Å². The number of ether oxygens (including phenoxy) is 1. The van der Waals surface area contributed by atoms with Crippen molar-refractivity contribution in [3.8, 4) is 0 Å². The molecule has 2 heterocycles. The van der Waals surface area contributed by atoms with Crippen LogP contribution in [0.5, 0.6) is 0 Å². The smallest absolute Gasteiger partial charge is 0.188 e. The minimum Gasteiger partial charge on any atom is -0.468 e. The lowest BCUT2D eigenvalue weighted by molar-refractivity contribution is 0.145. The Morgan fingerprint density at radius 1 is 1.42 bits per heavy atom. The summed E-state index contributed by atoms with van der Waals surface area (Å²) in [7, 11) is 0. The molecule has 6 nitrogen and oxygen atoms in total. The first-order valence-electron chi connectivity index (χ1n) is 8.70. The van der Waals surface area contributed by atoms with Crippen molar-refractivity contribution in [2.45, 2.75) is 38.6 Å². The summed E-state index contributed by atoms with van der Waals surface area (Å²) in [5, 5.41) is 3.14. The second-order valence-electron chi connectivity index (χ2n) is 5.83. The van der Waals surface area contributed by atoms with E-state index in [1.165, 1.54) is 19.3 Å². The second kappa shape index (κ2) is 12.5. The van der Waals surface area contributed by atoms with E-state index in [9.17, 15) is 0 Å². The van der Waals surface area contributed by atoms with Gasteiger partial charge in [0.25, 0.3) is 0 Å². The van der Waals surface area contributed by atoms with Crippen LogP contribution in [-0.4, -0.2) is 50.3 Å². The molecule has 0 aromatic carbocycles. The topological polar surface area (TPSA) is 76.0 Å². The number of guanidine groups is 1. The van der Waals surface area contributed by atoms with Crippen LogP contribution in [0, 0.1) is 0 Å². The Labute approximate surface area is 162 Å². The lowest BCUT2D eigenvalue weighted by atomic mass is 10.1. The molecule has 1 aliphatic rings. The highest BCUT2D eigenvalue weighted by atomic mass is 127. The largest absolute Gasteiger partial charge is 0.468 e. The minimum atomic E-state index is 0. The van der Waals surface area contributed by atoms with Gasteiger partial charge in [-0.1, -0.05) is 6.42 Å². The maximum absolute atomic E-state index is 5.97. The van der Waals surface area contributed by atoms with Gasteiger partial charge in [0, 0.05) is 19.8 Å². The standard InChI is InChI=1S/C17H30N4O2.HI/c1-2-22-12-7-9-19-17(18)20-14-15(16-8-6-13-23-16)21-10-4-3-5-11-21;/h6,8,13,15H,2-5,7,9-12,14H2,1H3,(H3,18,19,20);1H. The zero-order chi connectivity index (χ0) is 16.3. The Balaban J connectivity index is 0.00000288. The summed E-state index contributed by atoms with van der Waals surface area (Å²) in [6.45, 7) is 7.11. The number of rotatable bonds is 9. The summed E-state index contributed by atoms with van der Waals surface area (Å²) >= 11 is 0. The van der Waals surface area contributed by atoms with Gasteiger partial charge in [-0.15, -0.1) is 24.0 Å². The van der Waals surface area contributed by atoms with Crippen molar-refractivity contribution < 1.29 is 9.15 Å². The fourth-order valence-electron chi connectivity index (χ4n) is 2.87. The molecular formula is C17H31IN4O2. The molecule has 1 aromatic heterocycles. The van der Waals surface area contributed by atoms with E-state index in [-0.39, 0.29) is 30.0 Å². The number of nitrogens with zero attached hydrogens (tertiary/aromatic N) is 2. The minimum absolute atomic E-state index is 0. The van der Waals surface area contributed by atoms with Crippen LogP contribution in [0.15, 0.2) is 27.8 Å². The van der Waals surface area contributed by atoms with Gasteiger partial charge in [-0.3, -0.25) is 9.89 Å². The lowest BCUT2D eigenvalue weighted by Crippen LogP contribution is -2.37. The van der Waals surface area contributed by atoms with Gasteiger partial charge in [0.1, 0.15) is 5.76 Å². The van der Waals surface area contributed by atoms with Crippen LogP contribution in [0.4, 0.5) is 0 Å². The number of hydrogen-bond acceptors (Lipinski definition) is 4. The van der Waals surface area contributed by atoms with Gasteiger partial charge in [-0.05, 0) is 51.4 Å². The van der Waals surface area contributed by atoms with E-state index in [1.54, 1.807) is 6.26 Å². The van der Waals surface area contributed by atoms with E-state index in [1.807, 2.05) is 19.1 Å². The molecule has 1 fully saturated rings. The van der Waals surface area contributed by atoms with Crippen LogP contribution >= 0.6 is 24.0 Å². The molecule has 0 saturated carbocycles. The molecule has 1 atom stereocenters. The van der Waals surface area contributed by atoms with E-state index in [2.05, 4.69) is 15.2 Å². The molecule has 2 rings (SSSR count). The van der Waals surface area contributed by atoms with Gasteiger partial charge in [-0.25, -0.2) is 0 Å². The first-order valence-corrected chi connectivity index (χ1v) is 8.70. The third-order valence-corrected chi connectivity index (χ3v) is 4.11. The van der Waals surface area contributed by atoms with Gasteiger partial charge in [0.2, 0.25) is 0 Å². The van der Waals surface area contributed by atoms with Crippen LogP contribution in [0.1, 0.15) is 44.4 Å². The van der Waals surface area contributed by atoms with Crippen molar-refractivity contribution in [2.24, 2.45) is 10.7 Å². The van der Waals surface area contributed by atoms with E-state index in [4.69, 9.17) is 14.9 Å². The summed E-state index contributed by atoms with van der Waals surface area (Å²) in [4.78, 5) is 6.97. The normalized spacial score (nSPS) is 17.3. The Bertz CT molecular complexity index is 447. The maximum atomic E-state index is 5.97. The third-order valence-electron chi connectivity index (χ3n) is 4.11. The van der Waals surface area contributed by atoms with E-state index < -0.39 is 0 Å². The Morgan fingerprint density at radius 2 is 2.21 bits per heavy atom. The zero-order valence-electron chi connectivity index (χ0n) is 14.6. The number of hydrogen-bond donors (Lipinski definition) is 2. The zero-order valence-corrected chi connectivity index (χ0v) is 16.9. The molecule has 138 valence electrons. The molecule has 0 bridgehead atoms. The number of likely N-dealkylation sites (tertiary alicyclic amines) is 1. The molecule has 7 heteroatoms. The number of nitrogens with one attached hydrogen (secondary N) is 1. The average molecular weight is 450 g/mol. The predicted molar refractivity (Wildman–Crippen MR) is 108 cm³/mol. The van der Waals surface area contributed by atoms with Crippen LogP contribution in [0.2, 0.25) is 0 Å². The number of furan rings is 1. The average Bonchev–Trinajstić information content (AvgIpc) is 3.10. The molecule has 1 aliphatic heterocycles. The molecule has 1 aromatic rings. The summed E-state index contributed by atoms with van der Waals surface area (Å²) < 4.78 is 10.9. The Morgan fingerprint density at radius 3 is 2.88 bits per heavy atom. The number of piperidine rings is 1. The van der Waals surface area contributed by atoms with E-state index in [0.717, 1.165) is 45.0 Å². The van der Waals surface area contributed by atoms with Gasteiger partial charge >= 0.3 is 0 Å². The van der Waals surface area contributed by atoms with Crippen LogP contribution in [-0.2, 0) is 4.74 Å². The van der Waals surface area contributed by atoms with Crippen LogP contribution in [0.3, 0.4) is 0 Å². The quantitative estimate of drug-likeness (QED) is 0.262. The van der Waals surface area contributed by atoms with Crippen molar-refractivity contribution in [3.63, 3.8) is 0 Å². The van der Waals surface area contributed by atoms with Gasteiger partial charge in [0.05, 0.1) is 18.8 Å². The molecule has 24 heavy (non-hydrogen) atoms. The molecule has 0 aliphatic carbocycles. The second-order valence-corrected chi connectivity index (χ2v) is 5.83. The van der Waals surface area contributed by atoms with Gasteiger partial charge in [0.15, 0.2) is 5.96 Å². The number of aliphatic imine (C=N–C) groups is 1. The summed E-state index contributed by atoms with van der Waals surface area (Å²) in [5.74, 6) is 1.47. The first kappa shape index (κ1) is 21.2. The SMILES string of the molecule is CCOCCCNC(N)=NCC(c1ccco1)N1CCCCC1.I. The van der Waals surface area contributed by atoms with Crippen molar-refractivity contribution in [2.75, 3.05) is 39.4 Å². The summed E-state index contributed by atoms with van der Waals surface area (Å²) in [6, 6.07) is 4.14. The number of halogens is 1. The fourth-order valence-corrected chi connectivity index (χ4v) is 2.87. The van der Waals surface area contributed by atoms with Crippen molar-refractivity contribution in [1.82, 2.24) is 10.2 Å². The third kappa shape index (κ3) is 7.40. The monoisotopic (exact) mass is 450 g/mol. The van der Waals surface area contributed by atoms with Crippen molar-refractivity contribution in [3.05, 3.63) is 24.2 Å². The summed E-state index contributed by atoms with van der Waals surface area (Å²) in [5.41, 5.74) is 5.97. The maximum Gasteiger partial charge on any atom is 0.188 e. The van der Waals surface area contributed by atoms with Crippen molar-refractivity contribution in [1.29, 1.82) is 0 Å². The number of nitrogens with two attached hydrogens (primary N) is 1. The van der Waals surface area contributed by atoms with Crippen LogP contribution in [0.25, 0.3) is 0 Å². The first-order chi connectivity index (χ1) is 11.3. The summed E-state index contributed by atoms with van der Waals surface area (Å²) in [6.07, 6.45) is 6.45. The molecule has 0 amide bonds. The highest BCUT2D eigenvalue weighted by Crippen LogP contribution is 2.25. The predicted octanol–water partition coefficient (Wildman–Crippen LogP) is 2.76. The highest BCUT2D eigenvalue weighted by Gasteiger charge is 2.24. The molecule has 1 saturated heterocycles. The molecule has 1 unspecified atom stereocenters. The van der Waals surface area contributed by atoms with E-state index >= 15 is 0 Å². The van der Waals surface area contributed by atoms with Crippen molar-refractivity contribution >= 4 is 29.9 Å². The molecule has 0 spiro atoms. The van der Waals surface area contributed by atoms with Crippen LogP contribution < -0.4 is 11.1 Å². The molecule has 0 radical (unpaired) electrons. The fraction of sp³-hybridized carbons (Fsp3) is 0.706. The molecular weight excluding hydrogens is 419 g/mol.